The number of halogens is 6. The van der Waals surface area contributed by atoms with Gasteiger partial charge in [0.1, 0.15) is 11.6 Å². The summed E-state index contributed by atoms with van der Waals surface area (Å²) in [7, 11) is -3.07. The van der Waals surface area contributed by atoms with E-state index in [1.54, 1.807) is 95.3 Å². The van der Waals surface area contributed by atoms with Crippen LogP contribution in [0.3, 0.4) is 0 Å². The molecule has 0 fully saturated rings. The van der Waals surface area contributed by atoms with Crippen LogP contribution in [0.5, 0.6) is 0 Å². The maximum Gasteiger partial charge on any atom is 0.408 e. The Hall–Kier alpha value is -3.04. The molecule has 0 bridgehead atoms. The molecule has 0 spiro atoms. The highest BCUT2D eigenvalue weighted by molar-refractivity contribution is 7.88. The Labute approximate surface area is 278 Å². The fourth-order valence-corrected chi connectivity index (χ4v) is 9.80. The van der Waals surface area contributed by atoms with Crippen molar-refractivity contribution in [1.82, 2.24) is 10.6 Å². The molecule has 0 radical (unpaired) electrons. The molecule has 46 heavy (non-hydrogen) atoms. The summed E-state index contributed by atoms with van der Waals surface area (Å²) in [6, 6.07) is 16.0. The molecule has 0 aliphatic heterocycles. The van der Waals surface area contributed by atoms with Crippen molar-refractivity contribution < 1.29 is 53.3 Å². The minimum atomic E-state index is -3.07. The summed E-state index contributed by atoms with van der Waals surface area (Å²) in [4.78, 5) is 26.3. The van der Waals surface area contributed by atoms with Crippen LogP contribution in [0.15, 0.2) is 60.7 Å². The van der Waals surface area contributed by atoms with E-state index in [1.807, 2.05) is 13.8 Å². The van der Waals surface area contributed by atoms with E-state index in [4.69, 9.17) is 4.74 Å². The zero-order chi connectivity index (χ0) is 33.7. The first-order chi connectivity index (χ1) is 21.0. The standard InChI is InChI=1S/C34H40F5N2O3P.BrH/c1-20(2)25(40-32(42)31(21(3)4)41-33(43)44-34(5,6)7)19-45(22-14-10-8-11-15-22,23-16-12-9-13-17-23)18-24-26(35)28(37)30(39)29(38)27(24)36;/h8-17,20-21,25,31H,18-19H2,1-7H3,(H-,40,41,42,43);1H/t25-,31?;/m1./s1. The highest BCUT2D eigenvalue weighted by Crippen LogP contribution is 2.60. The van der Waals surface area contributed by atoms with Gasteiger partial charge in [-0.15, -0.1) is 0 Å². The molecule has 0 aromatic heterocycles. The van der Waals surface area contributed by atoms with Crippen LogP contribution in [0.25, 0.3) is 0 Å². The number of carbonyl (C=O) groups excluding carboxylic acids is 2. The molecule has 0 heterocycles. The van der Waals surface area contributed by atoms with Crippen molar-refractivity contribution in [2.24, 2.45) is 11.8 Å². The van der Waals surface area contributed by atoms with E-state index in [9.17, 15) is 22.8 Å². The van der Waals surface area contributed by atoms with Crippen LogP contribution in [-0.4, -0.2) is 35.8 Å². The molecule has 3 rings (SSSR count). The minimum Gasteiger partial charge on any atom is -1.00 e. The molecule has 3 aromatic carbocycles. The first kappa shape index (κ1) is 39.1. The van der Waals surface area contributed by atoms with Crippen molar-refractivity contribution in [3.8, 4) is 0 Å². The fourth-order valence-electron chi connectivity index (χ4n) is 5.09. The minimum absolute atomic E-state index is 0. The molecular weight excluding hydrogens is 690 g/mol. The zero-order valence-corrected chi connectivity index (χ0v) is 29.4. The normalized spacial score (nSPS) is 13.2. The number of rotatable bonds is 11. The first-order valence-corrected chi connectivity index (χ1v) is 16.9. The second kappa shape index (κ2) is 16.2. The Bertz CT molecular complexity index is 1420. The molecule has 0 aliphatic carbocycles. The maximum absolute atomic E-state index is 15.3. The average molecular weight is 732 g/mol. The van der Waals surface area contributed by atoms with Crippen LogP contribution in [0.2, 0.25) is 0 Å². The third-order valence-electron chi connectivity index (χ3n) is 7.49. The third kappa shape index (κ3) is 9.28. The van der Waals surface area contributed by atoms with Gasteiger partial charge in [0.25, 0.3) is 0 Å². The van der Waals surface area contributed by atoms with E-state index in [1.165, 1.54) is 0 Å². The van der Waals surface area contributed by atoms with E-state index >= 15 is 8.78 Å². The molecule has 2 N–H and O–H groups in total. The summed E-state index contributed by atoms with van der Waals surface area (Å²) in [5.74, 6) is -11.1. The first-order valence-electron chi connectivity index (χ1n) is 14.8. The quantitative estimate of drug-likeness (QED) is 0.134. The van der Waals surface area contributed by atoms with Gasteiger partial charge in [-0.2, -0.15) is 0 Å². The molecule has 3 aromatic rings. The van der Waals surface area contributed by atoms with Crippen LogP contribution in [0, 0.1) is 40.9 Å². The second-order valence-corrected chi connectivity index (χ2v) is 16.4. The van der Waals surface area contributed by atoms with E-state index in [0.717, 1.165) is 0 Å². The van der Waals surface area contributed by atoms with Gasteiger partial charge < -0.3 is 32.4 Å². The largest absolute Gasteiger partial charge is 1.00 e. The summed E-state index contributed by atoms with van der Waals surface area (Å²) in [6.45, 7) is 12.4. The number of benzene rings is 3. The number of hydrogen-bond acceptors (Lipinski definition) is 3. The van der Waals surface area contributed by atoms with Gasteiger partial charge in [0.05, 0.1) is 41.8 Å². The maximum atomic E-state index is 15.3. The lowest BCUT2D eigenvalue weighted by molar-refractivity contribution is -0.125. The van der Waals surface area contributed by atoms with Crippen LogP contribution in [0.1, 0.15) is 54.0 Å². The van der Waals surface area contributed by atoms with Crippen LogP contribution in [0.4, 0.5) is 26.7 Å². The van der Waals surface area contributed by atoms with Crippen molar-refractivity contribution in [1.29, 1.82) is 0 Å². The molecule has 2 atom stereocenters. The smallest absolute Gasteiger partial charge is 0.408 e. The van der Waals surface area contributed by atoms with Crippen LogP contribution < -0.4 is 38.2 Å². The summed E-state index contributed by atoms with van der Waals surface area (Å²) in [5, 5.41) is 6.98. The lowest BCUT2D eigenvalue weighted by atomic mass is 10.0. The number of amides is 2. The Morgan fingerprint density at radius 3 is 1.54 bits per heavy atom. The van der Waals surface area contributed by atoms with Crippen molar-refractivity contribution in [2.45, 2.75) is 72.3 Å². The second-order valence-electron chi connectivity index (χ2n) is 12.8. The summed E-state index contributed by atoms with van der Waals surface area (Å²) in [5.41, 5.74) is -1.70. The van der Waals surface area contributed by atoms with Gasteiger partial charge >= 0.3 is 6.09 Å². The summed E-state index contributed by atoms with van der Waals surface area (Å²) in [6.07, 6.45) is -1.13. The van der Waals surface area contributed by atoms with E-state index in [2.05, 4.69) is 10.6 Å². The number of nitrogens with one attached hydrogen (secondary N) is 2. The Kier molecular flexibility index (Phi) is 13.8. The van der Waals surface area contributed by atoms with Gasteiger partial charge in [-0.3, -0.25) is 4.79 Å². The van der Waals surface area contributed by atoms with Gasteiger partial charge in [-0.25, -0.2) is 26.7 Å². The number of ether oxygens (including phenoxy) is 1. The summed E-state index contributed by atoms with van der Waals surface area (Å²) < 4.78 is 78.9. The van der Waals surface area contributed by atoms with Crippen molar-refractivity contribution >= 4 is 29.9 Å². The molecular formula is C34H41BrF5N2O3P. The number of alkyl carbamates (subject to hydrolysis) is 1. The van der Waals surface area contributed by atoms with Gasteiger partial charge in [-0.1, -0.05) is 64.1 Å². The highest BCUT2D eigenvalue weighted by atomic mass is 79.9. The molecule has 0 aliphatic rings. The van der Waals surface area contributed by atoms with Gasteiger partial charge in [0.2, 0.25) is 11.7 Å². The van der Waals surface area contributed by atoms with Crippen molar-refractivity contribution in [3.05, 3.63) is 95.3 Å². The zero-order valence-electron chi connectivity index (χ0n) is 26.9. The predicted octanol–water partition coefficient (Wildman–Crippen LogP) is 4.24. The predicted molar refractivity (Wildman–Crippen MR) is 169 cm³/mol. The monoisotopic (exact) mass is 730 g/mol. The Balaban J connectivity index is 0.00000736. The molecule has 2 amide bonds. The molecule has 0 saturated carbocycles. The lowest BCUT2D eigenvalue weighted by Gasteiger charge is -2.34. The molecule has 5 nitrogen and oxygen atoms in total. The van der Waals surface area contributed by atoms with Crippen molar-refractivity contribution in [2.75, 3.05) is 6.16 Å². The third-order valence-corrected chi connectivity index (χ3v) is 11.9. The molecule has 0 saturated heterocycles. The fraction of sp³-hybridized carbons (Fsp3) is 0.412. The lowest BCUT2D eigenvalue weighted by Crippen LogP contribution is -3.00. The average Bonchev–Trinajstić information content (AvgIpc) is 2.98. The van der Waals surface area contributed by atoms with Crippen LogP contribution >= 0.6 is 7.26 Å². The number of hydrogen-bond donors (Lipinski definition) is 2. The van der Waals surface area contributed by atoms with E-state index < -0.39 is 77.8 Å². The Morgan fingerprint density at radius 2 is 1.15 bits per heavy atom. The van der Waals surface area contributed by atoms with E-state index in [-0.39, 0.29) is 35.0 Å². The molecule has 252 valence electrons. The van der Waals surface area contributed by atoms with Crippen molar-refractivity contribution in [3.63, 3.8) is 0 Å². The number of carbonyl (C=O) groups is 2. The topological polar surface area (TPSA) is 67.4 Å². The van der Waals surface area contributed by atoms with E-state index in [0.29, 0.717) is 10.6 Å². The highest BCUT2D eigenvalue weighted by Gasteiger charge is 2.48. The summed E-state index contributed by atoms with van der Waals surface area (Å²) >= 11 is 0. The SMILES string of the molecule is CC(C)C(NC(=O)OC(C)(C)C)C(=O)N[C@H](C[P+](Cc1c(F)c(F)c(F)c(F)c1F)(c1ccccc1)c1ccccc1)C(C)C.[Br-]. The Morgan fingerprint density at radius 1 is 0.717 bits per heavy atom. The van der Waals surface area contributed by atoms with Gasteiger partial charge in [-0.05, 0) is 56.9 Å². The van der Waals surface area contributed by atoms with Gasteiger partial charge in [0, 0.05) is 0 Å². The molecule has 12 heteroatoms. The van der Waals surface area contributed by atoms with Crippen LogP contribution in [-0.2, 0) is 15.7 Å². The van der Waals surface area contributed by atoms with Gasteiger partial charge in [0.15, 0.2) is 23.3 Å². The molecule has 1 unspecified atom stereocenters.